The minimum atomic E-state index is 0.266. The maximum Gasteiger partial charge on any atom is 0.0380 e. The molecule has 0 amide bonds. The zero-order chi connectivity index (χ0) is 14.2. The molecule has 3 rings (SSSR count). The van der Waals surface area contributed by atoms with Crippen molar-refractivity contribution < 1.29 is 0 Å². The van der Waals surface area contributed by atoms with Crippen molar-refractivity contribution in [2.45, 2.75) is 39.8 Å². The number of nitrogens with zero attached hydrogens (tertiary/aromatic N) is 1. The van der Waals surface area contributed by atoms with Crippen molar-refractivity contribution in [3.63, 3.8) is 0 Å². The van der Waals surface area contributed by atoms with E-state index in [1.807, 2.05) is 13.1 Å². The van der Waals surface area contributed by atoms with Gasteiger partial charge in [0.25, 0.3) is 0 Å². The van der Waals surface area contributed by atoms with Crippen LogP contribution in [0.15, 0.2) is 42.6 Å². The van der Waals surface area contributed by atoms with Crippen LogP contribution in [-0.4, -0.2) is 4.98 Å². The fourth-order valence-electron chi connectivity index (χ4n) is 3.20. The van der Waals surface area contributed by atoms with Crippen molar-refractivity contribution in [2.75, 3.05) is 0 Å². The molecule has 104 valence electrons. The van der Waals surface area contributed by atoms with Gasteiger partial charge in [0.15, 0.2) is 0 Å². The molecule has 1 N–H and O–H groups in total. The van der Waals surface area contributed by atoms with Crippen LogP contribution in [0.2, 0.25) is 0 Å². The monoisotopic (exact) mass is 266 g/mol. The summed E-state index contributed by atoms with van der Waals surface area (Å²) >= 11 is 0. The molecule has 0 aliphatic heterocycles. The van der Waals surface area contributed by atoms with E-state index in [4.69, 9.17) is 0 Å². The van der Waals surface area contributed by atoms with E-state index in [0.29, 0.717) is 6.04 Å². The molecule has 1 aromatic carbocycles. The standard InChI is InChI=1S/C18H22N2/c1-13-8-9-14(11-19-13)12-20-17-16-7-5-4-6-15(16)10-18(17,2)3/h4-9,11,17,20H,10,12H2,1-3H3. The van der Waals surface area contributed by atoms with Crippen LogP contribution in [0.3, 0.4) is 0 Å². The first-order valence-corrected chi connectivity index (χ1v) is 7.29. The molecule has 20 heavy (non-hydrogen) atoms. The van der Waals surface area contributed by atoms with E-state index in [9.17, 15) is 0 Å². The van der Waals surface area contributed by atoms with Gasteiger partial charge in [-0.1, -0.05) is 44.2 Å². The van der Waals surface area contributed by atoms with Gasteiger partial charge >= 0.3 is 0 Å². The van der Waals surface area contributed by atoms with Crippen LogP contribution in [0.5, 0.6) is 0 Å². The number of hydrogen-bond acceptors (Lipinski definition) is 2. The second-order valence-corrected chi connectivity index (χ2v) is 6.49. The predicted molar refractivity (Wildman–Crippen MR) is 82.5 cm³/mol. The minimum Gasteiger partial charge on any atom is -0.305 e. The summed E-state index contributed by atoms with van der Waals surface area (Å²) in [4.78, 5) is 4.37. The predicted octanol–water partition coefficient (Wildman–Crippen LogP) is 3.80. The molecule has 1 aromatic heterocycles. The third kappa shape index (κ3) is 2.48. The largest absolute Gasteiger partial charge is 0.305 e. The SMILES string of the molecule is Cc1ccc(CNC2c3ccccc3CC2(C)C)cn1. The Morgan fingerprint density at radius 2 is 2.00 bits per heavy atom. The Bertz CT molecular complexity index is 599. The van der Waals surface area contributed by atoms with E-state index in [1.54, 1.807) is 0 Å². The molecule has 1 unspecified atom stereocenters. The average Bonchev–Trinajstić information content (AvgIpc) is 2.68. The van der Waals surface area contributed by atoms with Gasteiger partial charge in [0.05, 0.1) is 0 Å². The fraction of sp³-hybridized carbons (Fsp3) is 0.389. The number of nitrogens with one attached hydrogen (secondary N) is 1. The molecule has 0 fully saturated rings. The third-order valence-electron chi connectivity index (χ3n) is 4.28. The molecular formula is C18H22N2. The lowest BCUT2D eigenvalue weighted by Gasteiger charge is -2.28. The van der Waals surface area contributed by atoms with Crippen LogP contribution in [0.1, 0.15) is 42.3 Å². The summed E-state index contributed by atoms with van der Waals surface area (Å²) in [6.45, 7) is 7.58. The number of hydrogen-bond donors (Lipinski definition) is 1. The highest BCUT2D eigenvalue weighted by Gasteiger charge is 2.38. The minimum absolute atomic E-state index is 0.266. The van der Waals surface area contributed by atoms with Crippen LogP contribution in [-0.2, 0) is 13.0 Å². The second-order valence-electron chi connectivity index (χ2n) is 6.49. The van der Waals surface area contributed by atoms with E-state index >= 15 is 0 Å². The third-order valence-corrected chi connectivity index (χ3v) is 4.28. The van der Waals surface area contributed by atoms with Gasteiger partial charge in [-0.2, -0.15) is 0 Å². The summed E-state index contributed by atoms with van der Waals surface area (Å²) in [6.07, 6.45) is 3.11. The number of aryl methyl sites for hydroxylation is 1. The van der Waals surface area contributed by atoms with E-state index < -0.39 is 0 Å². The van der Waals surface area contributed by atoms with Gasteiger partial charge < -0.3 is 5.32 Å². The fourth-order valence-corrected chi connectivity index (χ4v) is 3.20. The van der Waals surface area contributed by atoms with E-state index in [0.717, 1.165) is 18.7 Å². The maximum atomic E-state index is 4.37. The van der Waals surface area contributed by atoms with Gasteiger partial charge in [-0.25, -0.2) is 0 Å². The quantitative estimate of drug-likeness (QED) is 0.914. The molecule has 2 heteroatoms. The molecule has 1 aliphatic carbocycles. The van der Waals surface area contributed by atoms with Gasteiger partial charge in [0.2, 0.25) is 0 Å². The van der Waals surface area contributed by atoms with Gasteiger partial charge in [0.1, 0.15) is 0 Å². The van der Waals surface area contributed by atoms with Crippen LogP contribution in [0, 0.1) is 12.3 Å². The van der Waals surface area contributed by atoms with Crippen LogP contribution in [0.25, 0.3) is 0 Å². The van der Waals surface area contributed by atoms with Crippen molar-refractivity contribution >= 4 is 0 Å². The molecule has 0 spiro atoms. The Hall–Kier alpha value is -1.67. The van der Waals surface area contributed by atoms with Gasteiger partial charge in [0, 0.05) is 24.5 Å². The summed E-state index contributed by atoms with van der Waals surface area (Å²) in [5.41, 5.74) is 5.52. The van der Waals surface area contributed by atoms with Crippen LogP contribution in [0.4, 0.5) is 0 Å². The first kappa shape index (κ1) is 13.3. The van der Waals surface area contributed by atoms with Gasteiger partial charge in [-0.05, 0) is 41.5 Å². The molecule has 1 atom stereocenters. The Balaban J connectivity index is 1.78. The lowest BCUT2D eigenvalue weighted by molar-refractivity contribution is 0.268. The second kappa shape index (κ2) is 5.02. The summed E-state index contributed by atoms with van der Waals surface area (Å²) in [6, 6.07) is 13.4. The molecule has 0 saturated carbocycles. The summed E-state index contributed by atoms with van der Waals surface area (Å²) < 4.78 is 0. The Morgan fingerprint density at radius 1 is 1.20 bits per heavy atom. The molecule has 0 saturated heterocycles. The topological polar surface area (TPSA) is 24.9 Å². The van der Waals surface area contributed by atoms with Crippen LogP contribution < -0.4 is 5.32 Å². The molecular weight excluding hydrogens is 244 g/mol. The Morgan fingerprint density at radius 3 is 2.75 bits per heavy atom. The Kier molecular flexibility index (Phi) is 3.35. The molecule has 0 bridgehead atoms. The number of rotatable bonds is 3. The van der Waals surface area contributed by atoms with Crippen molar-refractivity contribution in [1.82, 2.24) is 10.3 Å². The lowest BCUT2D eigenvalue weighted by Crippen LogP contribution is -2.30. The molecule has 1 aliphatic rings. The van der Waals surface area contributed by atoms with Gasteiger partial charge in [-0.3, -0.25) is 4.98 Å². The van der Waals surface area contributed by atoms with Crippen molar-refractivity contribution in [3.05, 3.63) is 65.0 Å². The van der Waals surface area contributed by atoms with Crippen molar-refractivity contribution in [1.29, 1.82) is 0 Å². The van der Waals surface area contributed by atoms with Crippen LogP contribution >= 0.6 is 0 Å². The van der Waals surface area contributed by atoms with Crippen molar-refractivity contribution in [2.24, 2.45) is 5.41 Å². The lowest BCUT2D eigenvalue weighted by atomic mass is 9.85. The average molecular weight is 266 g/mol. The van der Waals surface area contributed by atoms with E-state index in [1.165, 1.54) is 16.7 Å². The Labute approximate surface area is 121 Å². The zero-order valence-electron chi connectivity index (χ0n) is 12.5. The highest BCUT2D eigenvalue weighted by molar-refractivity contribution is 5.37. The number of benzene rings is 1. The maximum absolute atomic E-state index is 4.37. The number of fused-ring (bicyclic) bond motifs is 1. The summed E-state index contributed by atoms with van der Waals surface area (Å²) in [7, 11) is 0. The highest BCUT2D eigenvalue weighted by Crippen LogP contribution is 2.45. The molecule has 2 nitrogen and oxygen atoms in total. The van der Waals surface area contributed by atoms with E-state index in [2.05, 4.69) is 60.5 Å². The number of pyridine rings is 1. The first-order valence-electron chi connectivity index (χ1n) is 7.29. The van der Waals surface area contributed by atoms with Gasteiger partial charge in [-0.15, -0.1) is 0 Å². The highest BCUT2D eigenvalue weighted by atomic mass is 14.9. The molecule has 0 radical (unpaired) electrons. The first-order chi connectivity index (χ1) is 9.56. The normalized spacial score (nSPS) is 19.9. The zero-order valence-corrected chi connectivity index (χ0v) is 12.5. The molecule has 1 heterocycles. The number of aromatic nitrogens is 1. The summed E-state index contributed by atoms with van der Waals surface area (Å²) in [5, 5.41) is 3.72. The smallest absolute Gasteiger partial charge is 0.0380 e. The summed E-state index contributed by atoms with van der Waals surface area (Å²) in [5.74, 6) is 0. The van der Waals surface area contributed by atoms with Crippen molar-refractivity contribution in [3.8, 4) is 0 Å². The van der Waals surface area contributed by atoms with E-state index in [-0.39, 0.29) is 5.41 Å². The molecule has 2 aromatic rings.